The number of carbonyl (C=O) groups excluding carboxylic acids is 1. The van der Waals surface area contributed by atoms with Crippen LogP contribution in [0.15, 0.2) is 65.6 Å². The SMILES string of the molecule is COc1nc(-c2cccc(-c3cccc(-c4cc5c(=O)n(C)c(CNC[C@@H]6CCO6)nn5c4)c3Cl)c2Cl)ccc1CN(C[C@@H]1CCC(=O)N1)C(=O)O. The topological polar surface area (TPSA) is 152 Å². The molecule has 52 heavy (non-hydrogen) atoms. The molecule has 0 spiro atoms. The number of halogens is 2. The number of ether oxygens (including phenoxy) is 2. The zero-order valence-electron chi connectivity index (χ0n) is 28.6. The fourth-order valence-electron chi connectivity index (χ4n) is 6.58. The molecular weight excluding hydrogens is 709 g/mol. The number of methoxy groups -OCH3 is 1. The van der Waals surface area contributed by atoms with Gasteiger partial charge in [-0.1, -0.05) is 59.6 Å². The lowest BCUT2D eigenvalue weighted by Crippen LogP contribution is -2.41. The van der Waals surface area contributed by atoms with Crippen molar-refractivity contribution in [2.75, 3.05) is 26.8 Å². The quantitative estimate of drug-likeness (QED) is 0.153. The van der Waals surface area contributed by atoms with Crippen LogP contribution < -0.4 is 20.9 Å². The molecule has 3 N–H and O–H groups in total. The molecule has 270 valence electrons. The minimum absolute atomic E-state index is 0.0268. The third-order valence-corrected chi connectivity index (χ3v) is 10.4. The number of nitrogens with zero attached hydrogens (tertiary/aromatic N) is 5. The van der Waals surface area contributed by atoms with Crippen molar-refractivity contribution < 1.29 is 24.2 Å². The van der Waals surface area contributed by atoms with Gasteiger partial charge in [0.05, 0.1) is 42.0 Å². The van der Waals surface area contributed by atoms with Gasteiger partial charge in [0.2, 0.25) is 11.8 Å². The lowest BCUT2D eigenvalue weighted by Gasteiger charge is -2.26. The number of benzene rings is 2. The fourth-order valence-corrected chi connectivity index (χ4v) is 7.24. The highest BCUT2D eigenvalue weighted by Crippen LogP contribution is 2.42. The fraction of sp³-hybridized carbons (Fsp3) is 0.324. The van der Waals surface area contributed by atoms with E-state index in [1.165, 1.54) is 12.0 Å². The van der Waals surface area contributed by atoms with Crippen LogP contribution in [-0.2, 0) is 29.7 Å². The highest BCUT2D eigenvalue weighted by molar-refractivity contribution is 6.39. The highest BCUT2D eigenvalue weighted by Gasteiger charge is 2.27. The van der Waals surface area contributed by atoms with Crippen LogP contribution in [0.1, 0.15) is 30.7 Å². The molecule has 2 atom stereocenters. The van der Waals surface area contributed by atoms with Crippen molar-refractivity contribution in [1.29, 1.82) is 0 Å². The minimum Gasteiger partial charge on any atom is -0.481 e. The van der Waals surface area contributed by atoms with E-state index in [0.29, 0.717) is 80.8 Å². The van der Waals surface area contributed by atoms with Gasteiger partial charge in [-0.3, -0.25) is 14.2 Å². The van der Waals surface area contributed by atoms with Crippen LogP contribution >= 0.6 is 23.2 Å². The number of nitrogens with one attached hydrogen (secondary N) is 2. The van der Waals surface area contributed by atoms with Crippen molar-refractivity contribution in [3.63, 3.8) is 0 Å². The molecule has 0 bridgehead atoms. The first-order chi connectivity index (χ1) is 25.1. The van der Waals surface area contributed by atoms with Crippen molar-refractivity contribution in [2.45, 2.75) is 44.5 Å². The first-order valence-electron chi connectivity index (χ1n) is 16.9. The maximum Gasteiger partial charge on any atom is 0.407 e. The summed E-state index contributed by atoms with van der Waals surface area (Å²) in [6.45, 7) is 2.08. The maximum atomic E-state index is 13.3. The highest BCUT2D eigenvalue weighted by atomic mass is 35.5. The molecule has 0 radical (unpaired) electrons. The monoisotopic (exact) mass is 745 g/mol. The Labute approximate surface area is 309 Å². The van der Waals surface area contributed by atoms with E-state index in [9.17, 15) is 19.5 Å². The first kappa shape index (κ1) is 35.5. The van der Waals surface area contributed by atoms with Crippen molar-refractivity contribution in [2.24, 2.45) is 7.05 Å². The van der Waals surface area contributed by atoms with Crippen LogP contribution in [0.5, 0.6) is 5.88 Å². The number of hydrogen-bond acceptors (Lipinski definition) is 8. The Balaban J connectivity index is 1.16. The Morgan fingerprint density at radius 1 is 1.08 bits per heavy atom. The van der Waals surface area contributed by atoms with Crippen molar-refractivity contribution in [3.05, 3.63) is 92.6 Å². The molecule has 5 aromatic rings. The average molecular weight is 747 g/mol. The van der Waals surface area contributed by atoms with Gasteiger partial charge in [-0.25, -0.2) is 14.3 Å². The molecule has 3 aromatic heterocycles. The zero-order chi connectivity index (χ0) is 36.5. The first-order valence-corrected chi connectivity index (χ1v) is 17.7. The lowest BCUT2D eigenvalue weighted by molar-refractivity contribution is -0.119. The van der Waals surface area contributed by atoms with Crippen LogP contribution in [0.4, 0.5) is 4.79 Å². The second-order valence-electron chi connectivity index (χ2n) is 12.9. The number of pyridine rings is 1. The summed E-state index contributed by atoms with van der Waals surface area (Å²) in [5, 5.41) is 21.6. The van der Waals surface area contributed by atoms with Gasteiger partial charge in [0, 0.05) is 78.8 Å². The second kappa shape index (κ2) is 15.0. The number of hydrogen-bond donors (Lipinski definition) is 3. The Morgan fingerprint density at radius 3 is 2.44 bits per heavy atom. The summed E-state index contributed by atoms with van der Waals surface area (Å²) < 4.78 is 14.2. The Hall–Kier alpha value is -4.95. The molecule has 13 nitrogen and oxygen atoms in total. The summed E-state index contributed by atoms with van der Waals surface area (Å²) in [6, 6.07) is 16.3. The lowest BCUT2D eigenvalue weighted by atomic mass is 9.97. The van der Waals surface area contributed by atoms with E-state index in [4.69, 9.17) is 42.8 Å². The molecule has 0 unspecified atom stereocenters. The number of fused-ring (bicyclic) bond motifs is 1. The molecular formula is C37H37Cl2N7O6. The molecule has 2 amide bonds. The predicted molar refractivity (Wildman–Crippen MR) is 197 cm³/mol. The molecule has 2 aromatic carbocycles. The summed E-state index contributed by atoms with van der Waals surface area (Å²) >= 11 is 14.2. The van der Waals surface area contributed by atoms with E-state index in [1.54, 1.807) is 40.5 Å². The van der Waals surface area contributed by atoms with Gasteiger partial charge in [0.15, 0.2) is 0 Å². The van der Waals surface area contributed by atoms with Gasteiger partial charge in [-0.2, -0.15) is 5.10 Å². The number of carbonyl (C=O) groups is 2. The van der Waals surface area contributed by atoms with Gasteiger partial charge in [-0.05, 0) is 31.0 Å². The minimum atomic E-state index is -1.11. The number of rotatable bonds is 12. The zero-order valence-corrected chi connectivity index (χ0v) is 30.1. The standard InChI is InChI=1S/C37H37Cl2N7O6/c1-44-31(17-40-16-24-13-14-52-24)43-46-19-22(15-30(46)36(44)48)25-5-3-6-26(33(25)38)27-7-4-8-28(34(27)39)29-11-9-21(35(42-29)51-2)18-45(37(49)50)20-23-10-12-32(47)41-23/h3-9,11,15,19,23-24,40H,10,12-14,16-18,20H2,1-2H3,(H,41,47)(H,49,50)/t23-,24-/m0/s1. The molecule has 0 aliphatic carbocycles. The summed E-state index contributed by atoms with van der Waals surface area (Å²) in [5.41, 5.74) is 4.76. The largest absolute Gasteiger partial charge is 0.481 e. The van der Waals surface area contributed by atoms with Crippen LogP contribution in [0.2, 0.25) is 10.0 Å². The van der Waals surface area contributed by atoms with E-state index in [2.05, 4.69) is 10.6 Å². The van der Waals surface area contributed by atoms with Gasteiger partial charge in [0.1, 0.15) is 11.3 Å². The third kappa shape index (κ3) is 7.09. The van der Waals surface area contributed by atoms with Crippen molar-refractivity contribution >= 4 is 40.7 Å². The third-order valence-electron chi connectivity index (χ3n) is 9.55. The molecule has 2 fully saturated rings. The number of carboxylic acid groups (broad SMARTS) is 1. The molecule has 0 saturated carbocycles. The van der Waals surface area contributed by atoms with Crippen LogP contribution in [-0.4, -0.2) is 80.1 Å². The summed E-state index contributed by atoms with van der Waals surface area (Å²) in [4.78, 5) is 43.0. The normalized spacial score (nSPS) is 16.9. The summed E-state index contributed by atoms with van der Waals surface area (Å²) in [7, 11) is 3.18. The number of amides is 2. The molecule has 15 heteroatoms. The molecule has 2 saturated heterocycles. The van der Waals surface area contributed by atoms with Crippen molar-refractivity contribution in [1.82, 2.24) is 34.7 Å². The van der Waals surface area contributed by atoms with E-state index in [-0.39, 0.29) is 42.6 Å². The Kier molecular flexibility index (Phi) is 10.2. The average Bonchev–Trinajstić information content (AvgIpc) is 3.73. The smallest absolute Gasteiger partial charge is 0.407 e. The van der Waals surface area contributed by atoms with E-state index in [1.807, 2.05) is 36.4 Å². The van der Waals surface area contributed by atoms with Crippen LogP contribution in [0, 0.1) is 0 Å². The predicted octanol–water partition coefficient (Wildman–Crippen LogP) is 5.38. The van der Waals surface area contributed by atoms with Gasteiger partial charge < -0.3 is 30.1 Å². The van der Waals surface area contributed by atoms with Gasteiger partial charge >= 0.3 is 6.09 Å². The molecule has 2 aliphatic rings. The van der Waals surface area contributed by atoms with Crippen molar-refractivity contribution in [3.8, 4) is 39.4 Å². The van der Waals surface area contributed by atoms with Crippen LogP contribution in [0.3, 0.4) is 0 Å². The maximum absolute atomic E-state index is 13.3. The number of aromatic nitrogens is 4. The molecule has 7 rings (SSSR count). The molecule has 5 heterocycles. The molecule has 2 aliphatic heterocycles. The Bertz CT molecular complexity index is 2230. The van der Waals surface area contributed by atoms with E-state index < -0.39 is 6.09 Å². The van der Waals surface area contributed by atoms with E-state index in [0.717, 1.165) is 18.6 Å². The second-order valence-corrected chi connectivity index (χ2v) is 13.7. The van der Waals surface area contributed by atoms with Crippen LogP contribution in [0.25, 0.3) is 39.0 Å². The van der Waals surface area contributed by atoms with E-state index >= 15 is 0 Å². The van der Waals surface area contributed by atoms with Gasteiger partial charge in [0.25, 0.3) is 5.56 Å². The summed E-state index contributed by atoms with van der Waals surface area (Å²) in [5.74, 6) is 0.772. The summed E-state index contributed by atoms with van der Waals surface area (Å²) in [6.07, 6.45) is 2.86. The Morgan fingerprint density at radius 2 is 1.79 bits per heavy atom. The van der Waals surface area contributed by atoms with Gasteiger partial charge in [-0.15, -0.1) is 0 Å².